The van der Waals surface area contributed by atoms with Gasteiger partial charge >= 0.3 is 17.9 Å². The number of terminal acetylenes is 1. The highest BCUT2D eigenvalue weighted by molar-refractivity contribution is 7.99. The minimum Gasteiger partial charge on any atom is -0.463 e. The van der Waals surface area contributed by atoms with Crippen LogP contribution < -0.4 is 0 Å². The van der Waals surface area contributed by atoms with Gasteiger partial charge in [0.15, 0.2) is 12.2 Å². The van der Waals surface area contributed by atoms with E-state index in [0.717, 1.165) is 0 Å². The lowest BCUT2D eigenvalue weighted by Gasteiger charge is -2.44. The minimum atomic E-state index is -1.06. The van der Waals surface area contributed by atoms with Crippen LogP contribution in [0.15, 0.2) is 23.1 Å². The molecule has 1 saturated heterocycles. The summed E-state index contributed by atoms with van der Waals surface area (Å²) in [5, 5.41) is 0.695. The maximum atomic E-state index is 11.9. The number of hydrogen-bond donors (Lipinski definition) is 0. The lowest BCUT2D eigenvalue weighted by atomic mass is 9.99. The first-order valence-electron chi connectivity index (χ1n) is 9.42. The van der Waals surface area contributed by atoms with E-state index in [1.807, 2.05) is 0 Å². The van der Waals surface area contributed by atoms with Gasteiger partial charge < -0.3 is 23.7 Å². The quantitative estimate of drug-likeness (QED) is 0.300. The zero-order chi connectivity index (χ0) is 23.8. The van der Waals surface area contributed by atoms with E-state index in [4.69, 9.17) is 53.3 Å². The van der Waals surface area contributed by atoms with E-state index < -0.39 is 47.8 Å². The van der Waals surface area contributed by atoms with Crippen LogP contribution in [0.3, 0.4) is 0 Å². The minimum absolute atomic E-state index is 0.148. The van der Waals surface area contributed by atoms with Gasteiger partial charge in [0, 0.05) is 25.7 Å². The summed E-state index contributed by atoms with van der Waals surface area (Å²) in [7, 11) is 0. The Hall–Kier alpha value is -1.96. The van der Waals surface area contributed by atoms with E-state index >= 15 is 0 Å². The summed E-state index contributed by atoms with van der Waals surface area (Å²) in [6, 6.07) is 4.95. The number of hydrogen-bond acceptors (Lipinski definition) is 9. The Balaban J connectivity index is 2.43. The molecular weight excluding hydrogens is 483 g/mol. The third-order valence-corrected chi connectivity index (χ3v) is 6.03. The highest BCUT2D eigenvalue weighted by atomic mass is 35.5. The van der Waals surface area contributed by atoms with E-state index in [1.54, 1.807) is 18.2 Å². The molecule has 1 aliphatic heterocycles. The topological polar surface area (TPSA) is 97.4 Å². The van der Waals surface area contributed by atoms with Crippen LogP contribution >= 0.6 is 35.0 Å². The zero-order valence-corrected chi connectivity index (χ0v) is 19.9. The molecule has 1 aromatic carbocycles. The Labute approximate surface area is 200 Å². The summed E-state index contributed by atoms with van der Waals surface area (Å²) in [6.07, 6.45) is 1.35. The highest BCUT2D eigenvalue weighted by Gasteiger charge is 2.51. The Morgan fingerprint density at radius 2 is 1.69 bits per heavy atom. The molecule has 1 aliphatic rings. The molecule has 0 spiro atoms. The number of ether oxygens (including phenoxy) is 5. The third kappa shape index (κ3) is 7.57. The van der Waals surface area contributed by atoms with E-state index in [0.29, 0.717) is 14.9 Å². The first kappa shape index (κ1) is 26.3. The molecule has 32 heavy (non-hydrogen) atoms. The molecule has 5 atom stereocenters. The first-order valence-corrected chi connectivity index (χ1v) is 11.1. The van der Waals surface area contributed by atoms with Crippen LogP contribution in [0.5, 0.6) is 0 Å². The molecule has 8 nitrogen and oxygen atoms in total. The summed E-state index contributed by atoms with van der Waals surface area (Å²) in [4.78, 5) is 35.7. The summed E-state index contributed by atoms with van der Waals surface area (Å²) in [5.41, 5.74) is -0.841. The second kappa shape index (κ2) is 12.3. The van der Waals surface area contributed by atoms with Crippen molar-refractivity contribution >= 4 is 52.9 Å². The molecule has 2 rings (SSSR count). The Bertz CT molecular complexity index is 887. The number of esters is 3. The molecule has 0 aromatic heterocycles. The number of halogens is 2. The van der Waals surface area contributed by atoms with Crippen LogP contribution in [0.25, 0.3) is 0 Å². The van der Waals surface area contributed by atoms with Crippen LogP contribution in [0, 0.1) is 12.3 Å². The molecule has 11 heteroatoms. The molecule has 0 unspecified atom stereocenters. The molecule has 1 heterocycles. The lowest BCUT2D eigenvalue weighted by Crippen LogP contribution is -2.61. The number of rotatable bonds is 8. The summed E-state index contributed by atoms with van der Waals surface area (Å²) < 4.78 is 27.8. The van der Waals surface area contributed by atoms with Crippen molar-refractivity contribution in [1.29, 1.82) is 0 Å². The molecule has 0 N–H and O–H groups in total. The average Bonchev–Trinajstić information content (AvgIpc) is 2.70. The third-order valence-electron chi connectivity index (χ3n) is 4.15. The molecular formula is C21H22Cl2O8S. The number of carbonyl (C=O) groups excluding carboxylic acids is 3. The van der Waals surface area contributed by atoms with Gasteiger partial charge in [-0.15, -0.1) is 6.42 Å². The molecule has 0 radical (unpaired) electrons. The van der Waals surface area contributed by atoms with Gasteiger partial charge in [0.2, 0.25) is 0 Å². The van der Waals surface area contributed by atoms with Crippen molar-refractivity contribution in [3.8, 4) is 12.3 Å². The summed E-state index contributed by atoms with van der Waals surface area (Å²) in [5.74, 6) is 0.558. The van der Waals surface area contributed by atoms with Crippen LogP contribution in [0.1, 0.15) is 20.8 Å². The van der Waals surface area contributed by atoms with Crippen LogP contribution in [-0.2, 0) is 38.1 Å². The highest BCUT2D eigenvalue weighted by Crippen LogP contribution is 2.39. The van der Waals surface area contributed by atoms with Crippen molar-refractivity contribution in [1.82, 2.24) is 0 Å². The largest absolute Gasteiger partial charge is 0.463 e. The maximum absolute atomic E-state index is 11.9. The van der Waals surface area contributed by atoms with E-state index in [1.165, 1.54) is 32.5 Å². The van der Waals surface area contributed by atoms with Gasteiger partial charge in [-0.3, -0.25) is 14.4 Å². The fourth-order valence-electron chi connectivity index (χ4n) is 2.98. The SMILES string of the molecule is C#CCO[C@@H]1[C@@H](OC(C)=O)[C@@H](Sc2ccc(Cl)c(Cl)c2)O[C@H](COC(C)=O)[C@@H]1OC(C)=O. The Morgan fingerprint density at radius 3 is 2.25 bits per heavy atom. The predicted octanol–water partition coefficient (Wildman–Crippen LogP) is 3.26. The van der Waals surface area contributed by atoms with Crippen molar-refractivity contribution in [3.05, 3.63) is 28.2 Å². The molecule has 0 aliphatic carbocycles. The second-order valence-electron chi connectivity index (χ2n) is 6.67. The fourth-order valence-corrected chi connectivity index (χ4v) is 4.48. The molecule has 0 saturated carbocycles. The maximum Gasteiger partial charge on any atom is 0.303 e. The number of thioether (sulfide) groups is 1. The van der Waals surface area contributed by atoms with Crippen molar-refractivity contribution in [2.75, 3.05) is 13.2 Å². The number of carbonyl (C=O) groups is 3. The normalized spacial score (nSPS) is 24.8. The van der Waals surface area contributed by atoms with Gasteiger partial charge in [0.25, 0.3) is 0 Å². The van der Waals surface area contributed by atoms with Crippen molar-refractivity contribution in [2.24, 2.45) is 0 Å². The zero-order valence-electron chi connectivity index (χ0n) is 17.5. The van der Waals surface area contributed by atoms with Crippen molar-refractivity contribution in [2.45, 2.75) is 55.5 Å². The van der Waals surface area contributed by atoms with Gasteiger partial charge in [0.05, 0.1) is 10.0 Å². The molecule has 0 bridgehead atoms. The number of benzene rings is 1. The van der Waals surface area contributed by atoms with Crippen LogP contribution in [0.2, 0.25) is 10.0 Å². The van der Waals surface area contributed by atoms with Gasteiger partial charge in [-0.1, -0.05) is 40.9 Å². The van der Waals surface area contributed by atoms with Crippen molar-refractivity contribution < 1.29 is 38.1 Å². The monoisotopic (exact) mass is 504 g/mol. The lowest BCUT2D eigenvalue weighted by molar-refractivity contribution is -0.237. The van der Waals surface area contributed by atoms with Gasteiger partial charge in [-0.25, -0.2) is 0 Å². The summed E-state index contributed by atoms with van der Waals surface area (Å²) in [6.45, 7) is 3.29. The average molecular weight is 505 g/mol. The Kier molecular flexibility index (Phi) is 10.1. The molecule has 174 valence electrons. The van der Waals surface area contributed by atoms with Gasteiger partial charge in [0.1, 0.15) is 30.9 Å². The molecule has 1 aromatic rings. The second-order valence-corrected chi connectivity index (χ2v) is 8.65. The smallest absolute Gasteiger partial charge is 0.303 e. The van der Waals surface area contributed by atoms with E-state index in [9.17, 15) is 14.4 Å². The first-order chi connectivity index (χ1) is 15.1. The standard InChI is InChI=1S/C21H22Cl2O8S/c1-5-8-27-19-18(29-12(3)25)17(10-28-11(2)24)31-21(20(19)30-13(4)26)32-14-6-7-15(22)16(23)9-14/h1,6-7,9,17-21H,8,10H2,2-4H3/t17-,18+,19+,20-,21-/m1/s1. The van der Waals surface area contributed by atoms with Gasteiger partial charge in [-0.05, 0) is 18.2 Å². The van der Waals surface area contributed by atoms with E-state index in [2.05, 4.69) is 5.92 Å². The molecule has 0 amide bonds. The van der Waals surface area contributed by atoms with Crippen LogP contribution in [0.4, 0.5) is 0 Å². The molecule has 1 fully saturated rings. The van der Waals surface area contributed by atoms with Crippen LogP contribution in [-0.4, -0.2) is 61.0 Å². The predicted molar refractivity (Wildman–Crippen MR) is 117 cm³/mol. The van der Waals surface area contributed by atoms with E-state index in [-0.39, 0.29) is 13.2 Å². The summed E-state index contributed by atoms with van der Waals surface area (Å²) >= 11 is 13.3. The van der Waals surface area contributed by atoms with Crippen molar-refractivity contribution in [3.63, 3.8) is 0 Å². The van der Waals surface area contributed by atoms with Gasteiger partial charge in [-0.2, -0.15) is 0 Å². The fraction of sp³-hybridized carbons (Fsp3) is 0.476. The Morgan fingerprint density at radius 1 is 1.03 bits per heavy atom.